The Morgan fingerprint density at radius 3 is 1.82 bits per heavy atom. The molecule has 0 radical (unpaired) electrons. The summed E-state index contributed by atoms with van der Waals surface area (Å²) >= 11 is 0. The maximum Gasteiger partial charge on any atom is 0.219 e. The Morgan fingerprint density at radius 1 is 0.909 bits per heavy atom. The second-order valence-electron chi connectivity index (χ2n) is 5.68. The van der Waals surface area contributed by atoms with E-state index in [1.54, 1.807) is 13.8 Å². The largest absolute Gasteiger partial charge is 0.396 e. The molecule has 2 N–H and O–H groups in total. The average molecular weight is 314 g/mol. The van der Waals surface area contributed by atoms with Crippen LogP contribution in [0.2, 0.25) is 0 Å². The first-order valence-corrected chi connectivity index (χ1v) is 8.09. The van der Waals surface area contributed by atoms with E-state index in [1.165, 1.54) is 0 Å². The summed E-state index contributed by atoms with van der Waals surface area (Å²) in [7, 11) is 0. The molecular formula is C15H30N4O3. The maximum atomic E-state index is 11.0. The van der Waals surface area contributed by atoms with Crippen LogP contribution in [0.4, 0.5) is 0 Å². The Balaban J connectivity index is 0.000000235. The van der Waals surface area contributed by atoms with Gasteiger partial charge in [-0.05, 0) is 6.42 Å². The number of aliphatic hydroxyl groups is 1. The van der Waals surface area contributed by atoms with Crippen LogP contribution in [-0.4, -0.2) is 97.1 Å². The smallest absolute Gasteiger partial charge is 0.219 e. The van der Waals surface area contributed by atoms with Crippen LogP contribution in [0.1, 0.15) is 20.3 Å². The van der Waals surface area contributed by atoms with Crippen molar-refractivity contribution in [2.45, 2.75) is 20.3 Å². The van der Waals surface area contributed by atoms with E-state index in [4.69, 9.17) is 5.11 Å². The van der Waals surface area contributed by atoms with Gasteiger partial charge in [0, 0.05) is 79.4 Å². The number of hydrogen-bond acceptors (Lipinski definition) is 5. The molecule has 7 nitrogen and oxygen atoms in total. The molecule has 0 bridgehead atoms. The molecule has 0 saturated carbocycles. The van der Waals surface area contributed by atoms with Gasteiger partial charge < -0.3 is 20.2 Å². The van der Waals surface area contributed by atoms with E-state index in [2.05, 4.69) is 10.2 Å². The van der Waals surface area contributed by atoms with Crippen molar-refractivity contribution in [2.75, 3.05) is 65.5 Å². The highest BCUT2D eigenvalue weighted by molar-refractivity contribution is 5.73. The van der Waals surface area contributed by atoms with Crippen LogP contribution in [0, 0.1) is 0 Å². The number of nitrogens with zero attached hydrogens (tertiary/aromatic N) is 3. The molecule has 2 aliphatic rings. The van der Waals surface area contributed by atoms with Crippen LogP contribution in [0.15, 0.2) is 0 Å². The molecule has 2 rings (SSSR count). The number of aliphatic hydroxyl groups excluding tert-OH is 1. The van der Waals surface area contributed by atoms with Gasteiger partial charge in [0.25, 0.3) is 0 Å². The Kier molecular flexibility index (Phi) is 9.03. The molecule has 0 aromatic heterocycles. The second kappa shape index (κ2) is 10.5. The summed E-state index contributed by atoms with van der Waals surface area (Å²) in [4.78, 5) is 27.7. The Bertz CT molecular complexity index is 338. The van der Waals surface area contributed by atoms with Crippen LogP contribution in [0.5, 0.6) is 0 Å². The molecule has 0 aromatic carbocycles. The SMILES string of the molecule is CC(=O)N1CCN(CCCO)CC1.CC(=O)N1CCNCC1. The van der Waals surface area contributed by atoms with Gasteiger partial charge in [-0.2, -0.15) is 0 Å². The zero-order valence-corrected chi connectivity index (χ0v) is 13.9. The topological polar surface area (TPSA) is 76.1 Å². The number of nitrogens with one attached hydrogen (secondary N) is 1. The predicted octanol–water partition coefficient (Wildman–Crippen LogP) is -1.03. The number of carbonyl (C=O) groups is 2. The Labute approximate surface area is 133 Å². The fourth-order valence-electron chi connectivity index (χ4n) is 2.56. The lowest BCUT2D eigenvalue weighted by molar-refractivity contribution is -0.130. The van der Waals surface area contributed by atoms with Crippen molar-refractivity contribution in [3.63, 3.8) is 0 Å². The molecule has 128 valence electrons. The number of piperazine rings is 2. The first-order valence-electron chi connectivity index (χ1n) is 8.09. The summed E-state index contributed by atoms with van der Waals surface area (Å²) in [5.74, 6) is 0.360. The molecule has 0 atom stereocenters. The molecule has 2 fully saturated rings. The minimum Gasteiger partial charge on any atom is -0.396 e. The summed E-state index contributed by atoms with van der Waals surface area (Å²) < 4.78 is 0. The number of amides is 2. The summed E-state index contributed by atoms with van der Waals surface area (Å²) in [5, 5.41) is 11.8. The van der Waals surface area contributed by atoms with Crippen molar-refractivity contribution in [3.8, 4) is 0 Å². The third-order valence-electron chi connectivity index (χ3n) is 4.01. The van der Waals surface area contributed by atoms with Gasteiger partial charge in [0.15, 0.2) is 0 Å². The van der Waals surface area contributed by atoms with Crippen molar-refractivity contribution in [3.05, 3.63) is 0 Å². The van der Waals surface area contributed by atoms with Crippen molar-refractivity contribution in [2.24, 2.45) is 0 Å². The molecule has 7 heteroatoms. The zero-order chi connectivity index (χ0) is 16.4. The standard InChI is InChI=1S/C9H18N2O2.C6H12N2O/c1-9(13)11-6-4-10(5-7-11)3-2-8-12;1-6(9)8-4-2-7-3-5-8/h12H,2-8H2,1H3;7H,2-5H2,1H3. The molecule has 0 aliphatic carbocycles. The van der Waals surface area contributed by atoms with Gasteiger partial charge in [-0.25, -0.2) is 0 Å². The van der Waals surface area contributed by atoms with Gasteiger partial charge in [-0.3, -0.25) is 14.5 Å². The van der Waals surface area contributed by atoms with Crippen molar-refractivity contribution >= 4 is 11.8 Å². The van der Waals surface area contributed by atoms with Crippen LogP contribution in [-0.2, 0) is 9.59 Å². The number of hydrogen-bond donors (Lipinski definition) is 2. The van der Waals surface area contributed by atoms with E-state index < -0.39 is 0 Å². The van der Waals surface area contributed by atoms with E-state index in [9.17, 15) is 9.59 Å². The molecule has 0 unspecified atom stereocenters. The molecule has 0 aromatic rings. The van der Waals surface area contributed by atoms with Crippen molar-refractivity contribution < 1.29 is 14.7 Å². The first-order chi connectivity index (χ1) is 10.5. The Hall–Kier alpha value is -1.18. The van der Waals surface area contributed by atoms with E-state index in [-0.39, 0.29) is 18.4 Å². The summed E-state index contributed by atoms with van der Waals surface area (Å²) in [5.41, 5.74) is 0. The van der Waals surface area contributed by atoms with E-state index in [0.29, 0.717) is 0 Å². The van der Waals surface area contributed by atoms with Crippen LogP contribution in [0.3, 0.4) is 0 Å². The van der Waals surface area contributed by atoms with Crippen molar-refractivity contribution in [1.29, 1.82) is 0 Å². The van der Waals surface area contributed by atoms with Gasteiger partial charge in [-0.1, -0.05) is 0 Å². The van der Waals surface area contributed by atoms with Crippen LogP contribution in [0.25, 0.3) is 0 Å². The van der Waals surface area contributed by atoms with Gasteiger partial charge >= 0.3 is 0 Å². The summed E-state index contributed by atoms with van der Waals surface area (Å²) in [6, 6.07) is 0. The molecule has 2 amide bonds. The molecule has 2 aliphatic heterocycles. The minimum atomic E-state index is 0.168. The molecular weight excluding hydrogens is 284 g/mol. The van der Waals surface area contributed by atoms with Gasteiger partial charge in [0.05, 0.1) is 0 Å². The number of carbonyl (C=O) groups excluding carboxylic acids is 2. The molecule has 0 spiro atoms. The fourth-order valence-corrected chi connectivity index (χ4v) is 2.56. The highest BCUT2D eigenvalue weighted by Gasteiger charge is 2.17. The lowest BCUT2D eigenvalue weighted by Crippen LogP contribution is -2.48. The highest BCUT2D eigenvalue weighted by atomic mass is 16.3. The quantitative estimate of drug-likeness (QED) is 0.697. The van der Waals surface area contributed by atoms with Crippen molar-refractivity contribution in [1.82, 2.24) is 20.0 Å². The van der Waals surface area contributed by atoms with E-state index >= 15 is 0 Å². The third kappa shape index (κ3) is 7.20. The lowest BCUT2D eigenvalue weighted by Gasteiger charge is -2.33. The number of rotatable bonds is 3. The zero-order valence-electron chi connectivity index (χ0n) is 13.9. The monoisotopic (exact) mass is 314 g/mol. The summed E-state index contributed by atoms with van der Waals surface area (Å²) in [6.45, 7) is 11.6. The lowest BCUT2D eigenvalue weighted by atomic mass is 10.3. The van der Waals surface area contributed by atoms with E-state index in [0.717, 1.165) is 65.3 Å². The predicted molar refractivity (Wildman–Crippen MR) is 85.5 cm³/mol. The second-order valence-corrected chi connectivity index (χ2v) is 5.68. The van der Waals surface area contributed by atoms with Crippen LogP contribution < -0.4 is 5.32 Å². The maximum absolute atomic E-state index is 11.0. The fraction of sp³-hybridized carbons (Fsp3) is 0.867. The van der Waals surface area contributed by atoms with Crippen LogP contribution >= 0.6 is 0 Å². The minimum absolute atomic E-state index is 0.168. The highest BCUT2D eigenvalue weighted by Crippen LogP contribution is 2.02. The summed E-state index contributed by atoms with van der Waals surface area (Å²) in [6.07, 6.45) is 0.833. The van der Waals surface area contributed by atoms with Gasteiger partial charge in [0.1, 0.15) is 0 Å². The molecule has 2 saturated heterocycles. The Morgan fingerprint density at radius 2 is 1.41 bits per heavy atom. The molecule has 22 heavy (non-hydrogen) atoms. The first kappa shape index (κ1) is 18.9. The normalized spacial score (nSPS) is 19.4. The molecule has 2 heterocycles. The van der Waals surface area contributed by atoms with E-state index in [1.807, 2.05) is 9.80 Å². The van der Waals surface area contributed by atoms with Gasteiger partial charge in [0.2, 0.25) is 11.8 Å². The third-order valence-corrected chi connectivity index (χ3v) is 4.01. The van der Waals surface area contributed by atoms with Gasteiger partial charge in [-0.15, -0.1) is 0 Å². The average Bonchev–Trinajstić information content (AvgIpc) is 2.54.